The van der Waals surface area contributed by atoms with E-state index in [0.29, 0.717) is 0 Å². The van der Waals surface area contributed by atoms with E-state index in [1.54, 1.807) is 5.10 Å². The molecule has 1 amide bonds. The van der Waals surface area contributed by atoms with E-state index >= 15 is 0 Å². The van der Waals surface area contributed by atoms with Crippen LogP contribution in [0.15, 0.2) is 12.3 Å². The zero-order valence-corrected chi connectivity index (χ0v) is 8.04. The van der Waals surface area contributed by atoms with Crippen molar-refractivity contribution in [2.24, 2.45) is 0 Å². The quantitative estimate of drug-likeness (QED) is 0.729. The molecule has 2 heterocycles. The van der Waals surface area contributed by atoms with Crippen LogP contribution in [0.1, 0.15) is 16.3 Å². The molecule has 0 radical (unpaired) electrons. The van der Waals surface area contributed by atoms with Crippen molar-refractivity contribution < 1.29 is 18.0 Å². The fourth-order valence-corrected chi connectivity index (χ4v) is 0.996. The minimum absolute atomic E-state index is 0.0864. The molecule has 90 valence electrons. The molecule has 7 nitrogen and oxygen atoms in total. The van der Waals surface area contributed by atoms with Crippen LogP contribution in [0.25, 0.3) is 0 Å². The second-order valence-corrected chi connectivity index (χ2v) is 2.93. The summed E-state index contributed by atoms with van der Waals surface area (Å²) in [7, 11) is 0. The topological polar surface area (TPSA) is 99.3 Å². The van der Waals surface area contributed by atoms with Crippen molar-refractivity contribution in [2.45, 2.75) is 6.18 Å². The van der Waals surface area contributed by atoms with Gasteiger partial charge in [-0.05, 0) is 6.07 Å². The highest BCUT2D eigenvalue weighted by Gasteiger charge is 2.35. The number of amides is 1. The summed E-state index contributed by atoms with van der Waals surface area (Å²) in [4.78, 5) is 14.5. The number of anilines is 1. The van der Waals surface area contributed by atoms with E-state index in [2.05, 4.69) is 25.6 Å². The maximum absolute atomic E-state index is 12.1. The minimum Gasteiger partial charge on any atom is -0.288 e. The number of H-pyrrole nitrogens is 2. The summed E-state index contributed by atoms with van der Waals surface area (Å²) in [6, 6.07) is 1.35. The molecule has 0 aliphatic rings. The lowest BCUT2D eigenvalue weighted by Gasteiger charge is -1.99. The molecule has 0 spiro atoms. The van der Waals surface area contributed by atoms with E-state index < -0.39 is 23.9 Å². The van der Waals surface area contributed by atoms with Gasteiger partial charge in [-0.1, -0.05) is 0 Å². The molecule has 0 bridgehead atoms. The number of carbonyl (C=O) groups excluding carboxylic acids is 1. The monoisotopic (exact) mass is 246 g/mol. The zero-order valence-electron chi connectivity index (χ0n) is 8.04. The van der Waals surface area contributed by atoms with Gasteiger partial charge in [0.25, 0.3) is 5.91 Å². The average Bonchev–Trinajstić information content (AvgIpc) is 2.85. The number of carbonyl (C=O) groups is 1. The molecular formula is C7H5F3N6O. The van der Waals surface area contributed by atoms with Crippen LogP contribution < -0.4 is 5.32 Å². The first-order valence-electron chi connectivity index (χ1n) is 4.27. The van der Waals surface area contributed by atoms with Gasteiger partial charge in [-0.2, -0.15) is 23.3 Å². The number of rotatable bonds is 2. The Morgan fingerprint density at radius 3 is 2.65 bits per heavy atom. The van der Waals surface area contributed by atoms with Crippen molar-refractivity contribution in [3.05, 3.63) is 23.8 Å². The van der Waals surface area contributed by atoms with Gasteiger partial charge in [0, 0.05) is 6.20 Å². The van der Waals surface area contributed by atoms with Crippen LogP contribution in [0.5, 0.6) is 0 Å². The van der Waals surface area contributed by atoms with Gasteiger partial charge >= 0.3 is 6.18 Å². The third-order valence-corrected chi connectivity index (χ3v) is 1.72. The highest BCUT2D eigenvalue weighted by molar-refractivity contribution is 6.01. The molecule has 2 aromatic heterocycles. The molecule has 3 N–H and O–H groups in total. The number of hydrogen-bond donors (Lipinski definition) is 3. The number of halogens is 3. The van der Waals surface area contributed by atoms with Crippen LogP contribution in [0.3, 0.4) is 0 Å². The molecule has 17 heavy (non-hydrogen) atoms. The average molecular weight is 246 g/mol. The van der Waals surface area contributed by atoms with E-state index in [9.17, 15) is 18.0 Å². The van der Waals surface area contributed by atoms with Crippen molar-refractivity contribution >= 4 is 11.9 Å². The van der Waals surface area contributed by atoms with E-state index in [0.717, 1.165) is 0 Å². The van der Waals surface area contributed by atoms with Crippen LogP contribution in [0, 0.1) is 0 Å². The highest BCUT2D eigenvalue weighted by Crippen LogP contribution is 2.26. The van der Waals surface area contributed by atoms with Crippen molar-refractivity contribution in [1.82, 2.24) is 25.4 Å². The Labute approximate surface area is 91.4 Å². The number of nitrogens with zero attached hydrogens (tertiary/aromatic N) is 3. The second kappa shape index (κ2) is 3.88. The zero-order chi connectivity index (χ0) is 12.5. The SMILES string of the molecule is O=C(Nc1n[nH]c(C(F)(F)F)n1)c1ccn[nH]1. The maximum atomic E-state index is 12.1. The lowest BCUT2D eigenvalue weighted by atomic mass is 10.4. The summed E-state index contributed by atoms with van der Waals surface area (Å²) in [5, 5.41) is 12.8. The number of hydrogen-bond acceptors (Lipinski definition) is 4. The summed E-state index contributed by atoms with van der Waals surface area (Å²) >= 11 is 0. The van der Waals surface area contributed by atoms with Crippen LogP contribution in [0.2, 0.25) is 0 Å². The molecule has 2 aromatic rings. The first-order valence-corrected chi connectivity index (χ1v) is 4.27. The predicted octanol–water partition coefficient (Wildman–Crippen LogP) is 0.799. The summed E-state index contributed by atoms with van der Waals surface area (Å²) in [6.45, 7) is 0. The van der Waals surface area contributed by atoms with Gasteiger partial charge in [-0.15, -0.1) is 5.10 Å². The Kier molecular flexibility index (Phi) is 2.54. The normalized spacial score (nSPS) is 11.5. The summed E-state index contributed by atoms with van der Waals surface area (Å²) in [5.41, 5.74) is 0.0864. The standard InChI is InChI=1S/C7H5F3N6O/c8-7(9,10)5-13-6(16-15-5)12-4(17)3-1-2-11-14-3/h1-2H,(H,11,14)(H2,12,13,15,16,17). The number of alkyl halides is 3. The van der Waals surface area contributed by atoms with Crippen molar-refractivity contribution in [3.63, 3.8) is 0 Å². The molecule has 2 rings (SSSR count). The molecule has 0 aromatic carbocycles. The molecular weight excluding hydrogens is 241 g/mol. The number of aromatic amines is 2. The van der Waals surface area contributed by atoms with E-state index in [1.807, 2.05) is 0 Å². The lowest BCUT2D eigenvalue weighted by Crippen LogP contribution is -2.14. The van der Waals surface area contributed by atoms with Crippen LogP contribution >= 0.6 is 0 Å². The molecule has 0 atom stereocenters. The Morgan fingerprint density at radius 1 is 1.35 bits per heavy atom. The first kappa shape index (κ1) is 11.1. The number of nitrogens with one attached hydrogen (secondary N) is 3. The fraction of sp³-hybridized carbons (Fsp3) is 0.143. The third-order valence-electron chi connectivity index (χ3n) is 1.72. The molecule has 10 heteroatoms. The van der Waals surface area contributed by atoms with Crippen LogP contribution in [-0.2, 0) is 6.18 Å². The van der Waals surface area contributed by atoms with Crippen molar-refractivity contribution in [3.8, 4) is 0 Å². The van der Waals surface area contributed by atoms with Crippen LogP contribution in [-0.4, -0.2) is 31.3 Å². The van der Waals surface area contributed by atoms with Crippen molar-refractivity contribution in [1.29, 1.82) is 0 Å². The van der Waals surface area contributed by atoms with E-state index in [-0.39, 0.29) is 5.69 Å². The molecule has 0 aliphatic carbocycles. The molecule has 0 fully saturated rings. The Morgan fingerprint density at radius 2 is 2.12 bits per heavy atom. The Hall–Kier alpha value is -2.39. The second-order valence-electron chi connectivity index (χ2n) is 2.93. The smallest absolute Gasteiger partial charge is 0.288 e. The largest absolute Gasteiger partial charge is 0.451 e. The lowest BCUT2D eigenvalue weighted by molar-refractivity contribution is -0.144. The first-order chi connectivity index (χ1) is 7.97. The highest BCUT2D eigenvalue weighted by atomic mass is 19.4. The molecule has 0 saturated carbocycles. The van der Waals surface area contributed by atoms with Crippen LogP contribution in [0.4, 0.5) is 19.1 Å². The predicted molar refractivity (Wildman–Crippen MR) is 47.9 cm³/mol. The van der Waals surface area contributed by atoms with Gasteiger partial charge in [0.05, 0.1) is 0 Å². The van der Waals surface area contributed by atoms with Crippen molar-refractivity contribution in [2.75, 3.05) is 5.32 Å². The Bertz CT molecular complexity index is 516. The molecule has 0 aliphatic heterocycles. The number of aromatic nitrogens is 5. The summed E-state index contributed by atoms with van der Waals surface area (Å²) in [6.07, 6.45) is -3.31. The third kappa shape index (κ3) is 2.41. The Balaban J connectivity index is 2.10. The van der Waals surface area contributed by atoms with E-state index in [1.165, 1.54) is 12.3 Å². The van der Waals surface area contributed by atoms with Gasteiger partial charge in [-0.25, -0.2) is 0 Å². The summed E-state index contributed by atoms with van der Waals surface area (Å²) < 4.78 is 36.4. The minimum atomic E-state index is -4.63. The summed E-state index contributed by atoms with van der Waals surface area (Å²) in [5.74, 6) is -2.43. The molecule has 0 unspecified atom stereocenters. The van der Waals surface area contributed by atoms with Gasteiger partial charge in [0.15, 0.2) is 0 Å². The van der Waals surface area contributed by atoms with Gasteiger partial charge in [-0.3, -0.25) is 20.3 Å². The maximum Gasteiger partial charge on any atom is 0.451 e. The van der Waals surface area contributed by atoms with Gasteiger partial charge in [0.2, 0.25) is 11.8 Å². The van der Waals surface area contributed by atoms with E-state index in [4.69, 9.17) is 0 Å². The molecule has 0 saturated heterocycles. The van der Waals surface area contributed by atoms with Gasteiger partial charge < -0.3 is 0 Å². The fourth-order valence-electron chi connectivity index (χ4n) is 0.996. The van der Waals surface area contributed by atoms with Gasteiger partial charge in [0.1, 0.15) is 5.69 Å².